The van der Waals surface area contributed by atoms with Crippen molar-refractivity contribution in [2.45, 2.75) is 31.2 Å². The molecule has 158 valence electrons. The molecular weight excluding hydrogens is 401 g/mol. The minimum atomic E-state index is -4.66. The molecule has 4 rings (SSSR count). The highest BCUT2D eigenvalue weighted by Crippen LogP contribution is 2.34. The van der Waals surface area contributed by atoms with Crippen LogP contribution in [0, 0.1) is 11.3 Å². The van der Waals surface area contributed by atoms with Crippen molar-refractivity contribution in [3.63, 3.8) is 0 Å². The Balaban J connectivity index is 1.47. The molecule has 0 aromatic carbocycles. The lowest BCUT2D eigenvalue weighted by Gasteiger charge is -2.33. The first-order valence-corrected chi connectivity index (χ1v) is 9.46. The van der Waals surface area contributed by atoms with Crippen LogP contribution in [0.25, 0.3) is 0 Å². The van der Waals surface area contributed by atoms with Gasteiger partial charge in [0.15, 0.2) is 17.2 Å². The van der Waals surface area contributed by atoms with Gasteiger partial charge in [0.1, 0.15) is 11.9 Å². The molecule has 2 aromatic rings. The molecule has 1 aliphatic carbocycles. The molecule has 2 fully saturated rings. The molecule has 2 N–H and O–H groups in total. The molecule has 3 heterocycles. The average molecular weight is 420 g/mol. The van der Waals surface area contributed by atoms with Gasteiger partial charge in [0, 0.05) is 31.7 Å². The number of nitrogens with one attached hydrogen (secondary N) is 2. The van der Waals surface area contributed by atoms with E-state index in [0.717, 1.165) is 6.54 Å². The van der Waals surface area contributed by atoms with E-state index in [1.807, 2.05) is 6.07 Å². The van der Waals surface area contributed by atoms with Crippen LogP contribution >= 0.6 is 0 Å². The number of ether oxygens (including phenoxy) is 1. The summed E-state index contributed by atoms with van der Waals surface area (Å²) in [5, 5.41) is 21.2. The molecular formula is C18H19F3N8O. The van der Waals surface area contributed by atoms with Crippen molar-refractivity contribution < 1.29 is 17.9 Å². The molecule has 12 heteroatoms. The molecule has 30 heavy (non-hydrogen) atoms. The lowest BCUT2D eigenvalue weighted by Crippen LogP contribution is -2.46. The Bertz CT molecular complexity index is 927. The van der Waals surface area contributed by atoms with Crippen molar-refractivity contribution in [2.75, 3.05) is 36.9 Å². The van der Waals surface area contributed by atoms with Crippen molar-refractivity contribution in [3.8, 4) is 6.07 Å². The predicted octanol–water partition coefficient (Wildman–Crippen LogP) is 2.18. The Morgan fingerprint density at radius 3 is 2.70 bits per heavy atom. The number of hydrogen-bond donors (Lipinski definition) is 2. The average Bonchev–Trinajstić information content (AvgIpc) is 3.58. The fraction of sp³-hybridized carbons (Fsp3) is 0.500. The number of hydrogen-bond acceptors (Lipinski definition) is 9. The topological polar surface area (TPSA) is 112 Å². The smallest absolute Gasteiger partial charge is 0.380 e. The van der Waals surface area contributed by atoms with E-state index >= 15 is 0 Å². The molecule has 2 aliphatic rings. The van der Waals surface area contributed by atoms with Crippen LogP contribution in [-0.2, 0) is 10.9 Å². The number of rotatable bonds is 6. The highest BCUT2D eigenvalue weighted by Gasteiger charge is 2.37. The van der Waals surface area contributed by atoms with E-state index in [2.05, 4.69) is 35.7 Å². The monoisotopic (exact) mass is 420 g/mol. The number of halogens is 3. The van der Waals surface area contributed by atoms with Crippen molar-refractivity contribution >= 4 is 17.3 Å². The van der Waals surface area contributed by atoms with E-state index in [0.29, 0.717) is 19.2 Å². The molecule has 0 bridgehead atoms. The van der Waals surface area contributed by atoms with Gasteiger partial charge in [-0.15, -0.1) is 10.2 Å². The van der Waals surface area contributed by atoms with E-state index < -0.39 is 11.9 Å². The number of aromatic nitrogens is 4. The fourth-order valence-electron chi connectivity index (χ4n) is 3.24. The SMILES string of the molecule is N#Cc1cnc(Nc2cc(NC[C@@H]3CN(C4CC4)CCO3)c(C(F)(F)F)nn2)cn1. The third-order valence-electron chi connectivity index (χ3n) is 4.84. The summed E-state index contributed by atoms with van der Waals surface area (Å²) in [6, 6.07) is 3.63. The lowest BCUT2D eigenvalue weighted by atomic mass is 10.2. The summed E-state index contributed by atoms with van der Waals surface area (Å²) >= 11 is 0. The zero-order valence-electron chi connectivity index (χ0n) is 15.9. The minimum absolute atomic E-state index is 0.0636. The van der Waals surface area contributed by atoms with E-state index in [-0.39, 0.29) is 35.7 Å². The van der Waals surface area contributed by atoms with Gasteiger partial charge in [-0.25, -0.2) is 9.97 Å². The van der Waals surface area contributed by atoms with E-state index in [9.17, 15) is 13.2 Å². The molecule has 0 spiro atoms. The number of morpholine rings is 1. The minimum Gasteiger partial charge on any atom is -0.380 e. The van der Waals surface area contributed by atoms with Gasteiger partial charge < -0.3 is 15.4 Å². The zero-order valence-corrected chi connectivity index (χ0v) is 15.9. The maximum absolute atomic E-state index is 13.4. The molecule has 0 amide bonds. The summed E-state index contributed by atoms with van der Waals surface area (Å²) in [4.78, 5) is 10.1. The standard InChI is InChI=1S/C18H19F3N8O/c19-18(20,21)17-14(24-8-13-10-29(3-4-30-13)12-1-2-12)5-15(27-28-17)26-16-9-23-11(6-22)7-25-16/h5,7,9,12-13H,1-4,8,10H2,(H2,24,25,26,27)/t13-/m1/s1. The van der Waals surface area contributed by atoms with Gasteiger partial charge >= 0.3 is 6.18 Å². The van der Waals surface area contributed by atoms with E-state index in [4.69, 9.17) is 10.00 Å². The van der Waals surface area contributed by atoms with Gasteiger partial charge in [-0.1, -0.05) is 0 Å². The fourth-order valence-corrected chi connectivity index (χ4v) is 3.24. The molecule has 1 saturated heterocycles. The van der Waals surface area contributed by atoms with Crippen LogP contribution < -0.4 is 10.6 Å². The first-order chi connectivity index (χ1) is 14.4. The second-order valence-corrected chi connectivity index (χ2v) is 7.11. The normalized spacial score (nSPS) is 19.9. The Labute approximate surface area is 170 Å². The van der Waals surface area contributed by atoms with Crippen molar-refractivity contribution in [1.29, 1.82) is 5.26 Å². The maximum atomic E-state index is 13.4. The van der Waals surface area contributed by atoms with Crippen LogP contribution in [0.4, 0.5) is 30.5 Å². The van der Waals surface area contributed by atoms with Gasteiger partial charge in [-0.3, -0.25) is 4.90 Å². The molecule has 1 saturated carbocycles. The Kier molecular flexibility index (Phi) is 5.65. The molecule has 9 nitrogen and oxygen atoms in total. The van der Waals surface area contributed by atoms with Crippen LogP contribution in [0.1, 0.15) is 24.2 Å². The molecule has 0 unspecified atom stereocenters. The number of nitrogens with zero attached hydrogens (tertiary/aromatic N) is 6. The zero-order chi connectivity index (χ0) is 21.1. The Morgan fingerprint density at radius 1 is 1.20 bits per heavy atom. The predicted molar refractivity (Wildman–Crippen MR) is 99.9 cm³/mol. The summed E-state index contributed by atoms with van der Waals surface area (Å²) in [6.45, 7) is 2.32. The molecule has 1 atom stereocenters. The van der Waals surface area contributed by atoms with Gasteiger partial charge in [0.05, 0.1) is 30.8 Å². The molecule has 1 aliphatic heterocycles. The van der Waals surface area contributed by atoms with E-state index in [1.54, 1.807) is 0 Å². The summed E-state index contributed by atoms with van der Waals surface area (Å²) < 4.78 is 45.8. The third-order valence-corrected chi connectivity index (χ3v) is 4.84. The second-order valence-electron chi connectivity index (χ2n) is 7.11. The van der Waals surface area contributed by atoms with Gasteiger partial charge in [0.25, 0.3) is 0 Å². The third kappa shape index (κ3) is 4.92. The summed E-state index contributed by atoms with van der Waals surface area (Å²) in [6.07, 6.45) is -0.0113. The van der Waals surface area contributed by atoms with Gasteiger partial charge in [0.2, 0.25) is 0 Å². The summed E-state index contributed by atoms with van der Waals surface area (Å²) in [5.74, 6) is 0.290. The van der Waals surface area contributed by atoms with Gasteiger partial charge in [-0.05, 0) is 12.8 Å². The van der Waals surface area contributed by atoms with Crippen LogP contribution in [0.15, 0.2) is 18.5 Å². The maximum Gasteiger partial charge on any atom is 0.437 e. The Morgan fingerprint density at radius 2 is 2.03 bits per heavy atom. The second kappa shape index (κ2) is 8.37. The number of alkyl halides is 3. The van der Waals surface area contributed by atoms with Crippen molar-refractivity contribution in [3.05, 3.63) is 29.8 Å². The lowest BCUT2D eigenvalue weighted by molar-refractivity contribution is -0.141. The first-order valence-electron chi connectivity index (χ1n) is 9.46. The van der Waals surface area contributed by atoms with Crippen LogP contribution in [0.3, 0.4) is 0 Å². The number of nitriles is 1. The molecule has 2 aromatic heterocycles. The summed E-state index contributed by atoms with van der Waals surface area (Å²) in [5.41, 5.74) is -1.18. The number of anilines is 3. The summed E-state index contributed by atoms with van der Waals surface area (Å²) in [7, 11) is 0. The largest absolute Gasteiger partial charge is 0.437 e. The highest BCUT2D eigenvalue weighted by atomic mass is 19.4. The van der Waals surface area contributed by atoms with Crippen LogP contribution in [0.5, 0.6) is 0 Å². The molecule has 0 radical (unpaired) electrons. The van der Waals surface area contributed by atoms with Gasteiger partial charge in [-0.2, -0.15) is 18.4 Å². The quantitative estimate of drug-likeness (QED) is 0.726. The van der Waals surface area contributed by atoms with Crippen LogP contribution in [-0.4, -0.2) is 63.5 Å². The van der Waals surface area contributed by atoms with E-state index in [1.165, 1.54) is 31.3 Å². The van der Waals surface area contributed by atoms with Crippen molar-refractivity contribution in [1.82, 2.24) is 25.1 Å². The van der Waals surface area contributed by atoms with Crippen molar-refractivity contribution in [2.24, 2.45) is 0 Å². The highest BCUT2D eigenvalue weighted by molar-refractivity contribution is 5.60. The van der Waals surface area contributed by atoms with Crippen LogP contribution in [0.2, 0.25) is 0 Å². The first kappa shape index (κ1) is 20.2. The Hall–Kier alpha value is -3.04.